The van der Waals surface area contributed by atoms with Gasteiger partial charge >= 0.3 is 12.3 Å². The van der Waals surface area contributed by atoms with E-state index in [9.17, 15) is 26.4 Å². The minimum atomic E-state index is -4.86. The summed E-state index contributed by atoms with van der Waals surface area (Å²) in [6.45, 7) is 6.69. The molecule has 0 unspecified atom stereocenters. The van der Waals surface area contributed by atoms with Crippen LogP contribution in [0.4, 0.5) is 29.5 Å². The second-order valence-electron chi connectivity index (χ2n) is 10.2. The fraction of sp³-hybridized carbons (Fsp3) is 0.591. The number of piperidine rings is 1. The van der Waals surface area contributed by atoms with Gasteiger partial charge in [-0.15, -0.1) is 11.3 Å². The Balaban J connectivity index is 1.91. The van der Waals surface area contributed by atoms with E-state index in [4.69, 9.17) is 9.84 Å². The molecule has 1 N–H and O–H groups in total. The zero-order valence-electron chi connectivity index (χ0n) is 21.6. The molecule has 212 valence electrons. The van der Waals surface area contributed by atoms with Crippen molar-refractivity contribution in [3.05, 3.63) is 28.7 Å². The molecule has 3 heterocycles. The van der Waals surface area contributed by atoms with Gasteiger partial charge in [-0.2, -0.15) is 21.6 Å². The van der Waals surface area contributed by atoms with Crippen LogP contribution in [-0.2, 0) is 20.9 Å². The summed E-state index contributed by atoms with van der Waals surface area (Å²) in [6.07, 6.45) is -4.38. The van der Waals surface area contributed by atoms with E-state index in [1.807, 2.05) is 0 Å². The van der Waals surface area contributed by atoms with Gasteiger partial charge in [0.05, 0.1) is 23.0 Å². The molecule has 1 aliphatic rings. The normalized spacial score (nSPS) is 15.5. The summed E-state index contributed by atoms with van der Waals surface area (Å²) in [5, 5.41) is 9.83. The highest BCUT2D eigenvalue weighted by molar-refractivity contribution is 7.92. The minimum absolute atomic E-state index is 0.0322. The first kappa shape index (κ1) is 30.1. The molecule has 0 atom stereocenters. The van der Waals surface area contributed by atoms with Crippen molar-refractivity contribution in [3.63, 3.8) is 0 Å². The topological polar surface area (TPSA) is 116 Å². The molecule has 0 saturated carbocycles. The number of rotatable bonds is 10. The average molecular weight is 596 g/mol. The predicted octanol–water partition coefficient (Wildman–Crippen LogP) is 4.64. The molecule has 10 nitrogen and oxygen atoms in total. The number of hydrogen-bond acceptors (Lipinski definition) is 8. The number of halogens is 3. The largest absolute Gasteiger partial charge is 0.465 e. The molecule has 0 spiro atoms. The second-order valence-corrected chi connectivity index (χ2v) is 18.3. The molecule has 38 heavy (non-hydrogen) atoms. The number of carboxylic acid groups (broad SMARTS) is 1. The summed E-state index contributed by atoms with van der Waals surface area (Å²) in [5.41, 5.74) is -0.00805. The molecule has 1 aliphatic heterocycles. The molecule has 1 amide bonds. The highest BCUT2D eigenvalue weighted by Gasteiger charge is 2.39. The summed E-state index contributed by atoms with van der Waals surface area (Å²) in [7, 11) is -4.53. The average Bonchev–Trinajstić information content (AvgIpc) is 3.36. The van der Waals surface area contributed by atoms with E-state index in [1.165, 1.54) is 27.7 Å². The predicted molar refractivity (Wildman–Crippen MR) is 141 cm³/mol. The molecule has 2 aromatic heterocycles. The van der Waals surface area contributed by atoms with Crippen LogP contribution in [0.25, 0.3) is 0 Å². The van der Waals surface area contributed by atoms with E-state index in [-0.39, 0.29) is 30.6 Å². The number of nitrogens with zero attached hydrogens (tertiary/aromatic N) is 5. The van der Waals surface area contributed by atoms with Gasteiger partial charge in [-0.3, -0.25) is 0 Å². The van der Waals surface area contributed by atoms with Crippen molar-refractivity contribution in [2.24, 2.45) is 0 Å². The highest BCUT2D eigenvalue weighted by atomic mass is 32.2. The van der Waals surface area contributed by atoms with Crippen molar-refractivity contribution in [1.82, 2.24) is 14.9 Å². The van der Waals surface area contributed by atoms with E-state index in [1.54, 1.807) is 0 Å². The van der Waals surface area contributed by atoms with Crippen molar-refractivity contribution >= 4 is 47.0 Å². The van der Waals surface area contributed by atoms with E-state index in [2.05, 4.69) is 29.6 Å². The Morgan fingerprint density at radius 2 is 1.92 bits per heavy atom. The van der Waals surface area contributed by atoms with Crippen LogP contribution in [0.1, 0.15) is 18.4 Å². The monoisotopic (exact) mass is 595 g/mol. The van der Waals surface area contributed by atoms with Crippen LogP contribution in [0, 0.1) is 0 Å². The number of anilines is 2. The molecule has 0 bridgehead atoms. The smallest absolute Gasteiger partial charge is 0.418 e. The number of likely N-dealkylation sites (tertiary alicyclic amines) is 1. The van der Waals surface area contributed by atoms with Crippen LogP contribution in [-0.4, -0.2) is 82.1 Å². The summed E-state index contributed by atoms with van der Waals surface area (Å²) >= 11 is 1.14. The third-order valence-corrected chi connectivity index (χ3v) is 10.2. The van der Waals surface area contributed by atoms with Crippen LogP contribution < -0.4 is 9.21 Å². The van der Waals surface area contributed by atoms with Gasteiger partial charge in [-0.05, 0) is 25.0 Å². The van der Waals surface area contributed by atoms with Crippen molar-refractivity contribution in [1.29, 1.82) is 0 Å². The lowest BCUT2D eigenvalue weighted by Crippen LogP contribution is -2.45. The molecular formula is C22H32F3N5O5S2Si. The van der Waals surface area contributed by atoms with Crippen LogP contribution in [0.15, 0.2) is 28.2 Å². The van der Waals surface area contributed by atoms with Gasteiger partial charge in [0.1, 0.15) is 6.73 Å². The minimum Gasteiger partial charge on any atom is -0.465 e. The third-order valence-electron chi connectivity index (χ3n) is 6.26. The number of amides is 1. The molecule has 0 aromatic carbocycles. The second kappa shape index (κ2) is 11.8. The van der Waals surface area contributed by atoms with Gasteiger partial charge in [0.25, 0.3) is 10.0 Å². The molecule has 1 fully saturated rings. The van der Waals surface area contributed by atoms with E-state index in [0.717, 1.165) is 27.9 Å². The SMILES string of the molecule is CN(c1cnc(S(=O)(=O)N(COCC[Si](C)(C)C)c2cscn2)cc1C(F)(F)F)C1CCN(C(=O)O)CC1. The Kier molecular flexibility index (Phi) is 9.31. The molecule has 0 aliphatic carbocycles. The van der Waals surface area contributed by atoms with Crippen LogP contribution >= 0.6 is 11.3 Å². The number of ether oxygens (including phenoxy) is 1. The van der Waals surface area contributed by atoms with Gasteiger partial charge in [-0.1, -0.05) is 19.6 Å². The Morgan fingerprint density at radius 3 is 2.45 bits per heavy atom. The zero-order valence-corrected chi connectivity index (χ0v) is 24.2. The molecule has 2 aromatic rings. The van der Waals surface area contributed by atoms with Crippen LogP contribution in [0.5, 0.6) is 0 Å². The fourth-order valence-corrected chi connectivity index (χ4v) is 6.55. The first-order valence-corrected chi connectivity index (χ1v) is 18.0. The summed E-state index contributed by atoms with van der Waals surface area (Å²) in [6, 6.07) is 0.942. The number of sulfonamides is 1. The molecular weight excluding hydrogens is 563 g/mol. The van der Waals surface area contributed by atoms with Gasteiger partial charge in [0.2, 0.25) is 0 Å². The summed E-state index contributed by atoms with van der Waals surface area (Å²) in [4.78, 5) is 21.7. The van der Waals surface area contributed by atoms with E-state index in [0.29, 0.717) is 25.5 Å². The first-order chi connectivity index (χ1) is 17.6. The lowest BCUT2D eigenvalue weighted by molar-refractivity contribution is -0.137. The number of alkyl halides is 3. The van der Waals surface area contributed by atoms with Crippen molar-refractivity contribution in [3.8, 4) is 0 Å². The molecule has 0 radical (unpaired) electrons. The Bertz CT molecular complexity index is 1200. The van der Waals surface area contributed by atoms with Crippen molar-refractivity contribution in [2.75, 3.05) is 42.7 Å². The van der Waals surface area contributed by atoms with Gasteiger partial charge in [-0.25, -0.2) is 19.1 Å². The molecule has 3 rings (SSSR count). The number of pyridine rings is 1. The Labute approximate surface area is 225 Å². The fourth-order valence-electron chi connectivity index (χ4n) is 3.95. The zero-order chi connectivity index (χ0) is 28.3. The Hall–Kier alpha value is -2.43. The lowest BCUT2D eigenvalue weighted by Gasteiger charge is -2.37. The molecule has 1 saturated heterocycles. The summed E-state index contributed by atoms with van der Waals surface area (Å²) < 4.78 is 75.9. The number of thiazole rings is 1. The maximum Gasteiger partial charge on any atom is 0.418 e. The van der Waals surface area contributed by atoms with Gasteiger partial charge < -0.3 is 19.6 Å². The number of hydrogen-bond donors (Lipinski definition) is 1. The van der Waals surface area contributed by atoms with Crippen molar-refractivity contribution in [2.45, 2.75) is 55.8 Å². The van der Waals surface area contributed by atoms with E-state index < -0.39 is 47.7 Å². The van der Waals surface area contributed by atoms with E-state index >= 15 is 0 Å². The molecule has 16 heteroatoms. The van der Waals surface area contributed by atoms with Crippen molar-refractivity contribution < 1.29 is 36.2 Å². The van der Waals surface area contributed by atoms with Gasteiger partial charge in [0, 0.05) is 46.2 Å². The first-order valence-electron chi connectivity index (χ1n) is 11.9. The third kappa shape index (κ3) is 7.36. The van der Waals surface area contributed by atoms with Gasteiger partial charge in [0.15, 0.2) is 10.8 Å². The lowest BCUT2D eigenvalue weighted by atomic mass is 10.0. The number of carbonyl (C=O) groups is 1. The standard InChI is InChI=1S/C22H32F3N5O5S2Si/c1-28(16-5-7-29(8-6-16)21(31)32)18-12-26-20(11-17(18)22(23,24)25)37(33,34)30(19-13-36-14-27-19)15-35-9-10-38(2,3)4/h11-14,16H,5-10,15H2,1-4H3,(H,31,32). The summed E-state index contributed by atoms with van der Waals surface area (Å²) in [5.74, 6) is 0.0322. The quantitative estimate of drug-likeness (QED) is 0.240. The Morgan fingerprint density at radius 1 is 1.26 bits per heavy atom. The maximum absolute atomic E-state index is 14.2. The van der Waals surface area contributed by atoms with Crippen LogP contribution in [0.2, 0.25) is 25.7 Å². The van der Waals surface area contributed by atoms with Crippen LogP contribution in [0.3, 0.4) is 0 Å². The maximum atomic E-state index is 14.2. The number of aromatic nitrogens is 2. The highest BCUT2D eigenvalue weighted by Crippen LogP contribution is 2.39.